The summed E-state index contributed by atoms with van der Waals surface area (Å²) in [4.78, 5) is 0. The third-order valence-electron chi connectivity index (χ3n) is 3.87. The molecule has 1 aliphatic rings. The molecule has 1 atom stereocenters. The Bertz CT molecular complexity index is 639. The predicted octanol–water partition coefficient (Wildman–Crippen LogP) is 4.24. The molecular formula is C17H18FNO. The van der Waals surface area contributed by atoms with Crippen molar-refractivity contribution in [3.05, 3.63) is 58.9 Å². The first-order valence-electron chi connectivity index (χ1n) is 6.87. The Morgan fingerprint density at radius 1 is 1.20 bits per heavy atom. The van der Waals surface area contributed by atoms with Crippen molar-refractivity contribution in [2.75, 3.05) is 12.4 Å². The lowest BCUT2D eigenvalue weighted by molar-refractivity contribution is 0.386. The van der Waals surface area contributed by atoms with Crippen LogP contribution in [0.1, 0.15) is 29.2 Å². The molecular weight excluding hydrogens is 253 g/mol. The summed E-state index contributed by atoms with van der Waals surface area (Å²) >= 11 is 0. The van der Waals surface area contributed by atoms with Crippen LogP contribution in [0.25, 0.3) is 0 Å². The average molecular weight is 271 g/mol. The van der Waals surface area contributed by atoms with Gasteiger partial charge in [-0.25, -0.2) is 4.39 Å². The molecule has 3 rings (SSSR count). The van der Waals surface area contributed by atoms with Crippen LogP contribution in [0, 0.1) is 12.7 Å². The van der Waals surface area contributed by atoms with Crippen LogP contribution < -0.4 is 10.1 Å². The fourth-order valence-electron chi connectivity index (χ4n) is 2.83. The molecule has 2 aromatic rings. The number of fused-ring (bicyclic) bond motifs is 1. The van der Waals surface area contributed by atoms with Crippen molar-refractivity contribution in [1.29, 1.82) is 0 Å². The van der Waals surface area contributed by atoms with Gasteiger partial charge in [0.2, 0.25) is 0 Å². The Balaban J connectivity index is 1.83. The average Bonchev–Trinajstić information content (AvgIpc) is 2.82. The van der Waals surface area contributed by atoms with Crippen LogP contribution in [-0.2, 0) is 6.42 Å². The van der Waals surface area contributed by atoms with E-state index in [1.54, 1.807) is 6.07 Å². The van der Waals surface area contributed by atoms with Crippen LogP contribution in [0.5, 0.6) is 5.75 Å². The molecule has 0 saturated heterocycles. The van der Waals surface area contributed by atoms with Gasteiger partial charge in [0, 0.05) is 11.8 Å². The number of ether oxygens (including phenoxy) is 1. The summed E-state index contributed by atoms with van der Waals surface area (Å²) in [7, 11) is 1.47. The molecule has 0 fully saturated rings. The smallest absolute Gasteiger partial charge is 0.167 e. The lowest BCUT2D eigenvalue weighted by Gasteiger charge is -2.16. The Kier molecular flexibility index (Phi) is 3.35. The summed E-state index contributed by atoms with van der Waals surface area (Å²) in [5.74, 6) is -0.0572. The monoisotopic (exact) mass is 271 g/mol. The Labute approximate surface area is 118 Å². The third-order valence-corrected chi connectivity index (χ3v) is 3.87. The Hall–Kier alpha value is -2.03. The van der Waals surface area contributed by atoms with Gasteiger partial charge in [0.25, 0.3) is 0 Å². The molecule has 0 saturated carbocycles. The molecule has 0 bridgehead atoms. The molecule has 1 aliphatic carbocycles. The highest BCUT2D eigenvalue weighted by Crippen LogP contribution is 2.35. The van der Waals surface area contributed by atoms with Crippen LogP contribution in [-0.4, -0.2) is 7.11 Å². The molecule has 2 nitrogen and oxygen atoms in total. The first-order chi connectivity index (χ1) is 9.67. The minimum Gasteiger partial charge on any atom is -0.494 e. The van der Waals surface area contributed by atoms with Crippen molar-refractivity contribution >= 4 is 5.69 Å². The van der Waals surface area contributed by atoms with E-state index in [0.29, 0.717) is 0 Å². The van der Waals surface area contributed by atoms with Gasteiger partial charge in [-0.3, -0.25) is 0 Å². The molecule has 1 N–H and O–H groups in total. The minimum atomic E-state index is -0.333. The molecule has 0 spiro atoms. The molecule has 3 heteroatoms. The summed E-state index contributed by atoms with van der Waals surface area (Å²) in [5.41, 5.74) is 4.78. The van der Waals surface area contributed by atoms with Crippen molar-refractivity contribution in [2.24, 2.45) is 0 Å². The number of hydrogen-bond donors (Lipinski definition) is 1. The highest BCUT2D eigenvalue weighted by Gasteiger charge is 2.22. The number of rotatable bonds is 3. The first-order valence-corrected chi connectivity index (χ1v) is 6.87. The van der Waals surface area contributed by atoms with Crippen LogP contribution in [0.3, 0.4) is 0 Å². The number of aryl methyl sites for hydroxylation is 2. The van der Waals surface area contributed by atoms with E-state index in [2.05, 4.69) is 30.4 Å². The second-order valence-electron chi connectivity index (χ2n) is 5.29. The van der Waals surface area contributed by atoms with Crippen molar-refractivity contribution < 1.29 is 9.13 Å². The van der Waals surface area contributed by atoms with Crippen molar-refractivity contribution in [3.8, 4) is 5.75 Å². The Morgan fingerprint density at radius 3 is 2.80 bits per heavy atom. The number of anilines is 1. The predicted molar refractivity (Wildman–Crippen MR) is 78.8 cm³/mol. The fourth-order valence-corrected chi connectivity index (χ4v) is 2.83. The normalized spacial score (nSPS) is 16.9. The SMILES string of the molecule is COc1ccc(NC2CCc3ccc(C)cc32)cc1F. The number of methoxy groups -OCH3 is 1. The minimum absolute atomic E-state index is 0.262. The largest absolute Gasteiger partial charge is 0.494 e. The molecule has 1 unspecified atom stereocenters. The van der Waals surface area contributed by atoms with Crippen LogP contribution in [0.4, 0.5) is 10.1 Å². The van der Waals surface area contributed by atoms with E-state index in [-0.39, 0.29) is 17.6 Å². The number of halogens is 1. The highest BCUT2D eigenvalue weighted by atomic mass is 19.1. The highest BCUT2D eigenvalue weighted by molar-refractivity contribution is 5.51. The molecule has 0 aromatic heterocycles. The van der Waals surface area contributed by atoms with E-state index < -0.39 is 0 Å². The van der Waals surface area contributed by atoms with Crippen molar-refractivity contribution in [3.63, 3.8) is 0 Å². The van der Waals surface area contributed by atoms with Crippen LogP contribution >= 0.6 is 0 Å². The van der Waals surface area contributed by atoms with E-state index in [9.17, 15) is 4.39 Å². The zero-order chi connectivity index (χ0) is 14.1. The van der Waals surface area contributed by atoms with E-state index in [4.69, 9.17) is 4.74 Å². The molecule has 0 radical (unpaired) electrons. The second kappa shape index (κ2) is 5.16. The maximum atomic E-state index is 13.7. The van der Waals surface area contributed by atoms with Gasteiger partial charge in [0.15, 0.2) is 11.6 Å². The van der Waals surface area contributed by atoms with Gasteiger partial charge < -0.3 is 10.1 Å². The van der Waals surface area contributed by atoms with E-state index in [1.165, 1.54) is 29.9 Å². The molecule has 0 aliphatic heterocycles. The van der Waals surface area contributed by atoms with Gasteiger partial charge in [0.1, 0.15) is 0 Å². The number of hydrogen-bond acceptors (Lipinski definition) is 2. The van der Waals surface area contributed by atoms with Gasteiger partial charge in [-0.15, -0.1) is 0 Å². The van der Waals surface area contributed by atoms with E-state index in [0.717, 1.165) is 18.5 Å². The summed E-state index contributed by atoms with van der Waals surface area (Å²) in [6.07, 6.45) is 2.12. The molecule has 2 aromatic carbocycles. The second-order valence-corrected chi connectivity index (χ2v) is 5.29. The van der Waals surface area contributed by atoms with E-state index in [1.807, 2.05) is 6.07 Å². The zero-order valence-corrected chi connectivity index (χ0v) is 11.7. The summed E-state index contributed by atoms with van der Waals surface area (Å²) < 4.78 is 18.7. The molecule has 0 amide bonds. The molecule has 104 valence electrons. The lowest BCUT2D eigenvalue weighted by atomic mass is 10.0. The standard InChI is InChI=1S/C17H18FNO/c1-11-3-4-12-5-7-16(14(12)9-11)19-13-6-8-17(20-2)15(18)10-13/h3-4,6,8-10,16,19H,5,7H2,1-2H3. The summed E-state index contributed by atoms with van der Waals surface area (Å²) in [6.45, 7) is 2.10. The van der Waals surface area contributed by atoms with Gasteiger partial charge >= 0.3 is 0 Å². The quantitative estimate of drug-likeness (QED) is 0.901. The lowest BCUT2D eigenvalue weighted by Crippen LogP contribution is -2.07. The summed E-state index contributed by atoms with van der Waals surface area (Å²) in [5, 5.41) is 3.42. The van der Waals surface area contributed by atoms with E-state index >= 15 is 0 Å². The zero-order valence-electron chi connectivity index (χ0n) is 11.7. The summed E-state index contributed by atoms with van der Waals surface area (Å²) in [6, 6.07) is 11.8. The number of benzene rings is 2. The third kappa shape index (κ3) is 2.36. The van der Waals surface area contributed by atoms with Crippen LogP contribution in [0.2, 0.25) is 0 Å². The fraction of sp³-hybridized carbons (Fsp3) is 0.294. The number of nitrogens with one attached hydrogen (secondary N) is 1. The molecule has 0 heterocycles. The molecule has 20 heavy (non-hydrogen) atoms. The maximum absolute atomic E-state index is 13.7. The van der Waals surface area contributed by atoms with Gasteiger partial charge in [-0.2, -0.15) is 0 Å². The van der Waals surface area contributed by atoms with Crippen molar-refractivity contribution in [2.45, 2.75) is 25.8 Å². The van der Waals surface area contributed by atoms with Gasteiger partial charge in [-0.05, 0) is 43.0 Å². The van der Waals surface area contributed by atoms with Crippen LogP contribution in [0.15, 0.2) is 36.4 Å². The van der Waals surface area contributed by atoms with Gasteiger partial charge in [0.05, 0.1) is 13.2 Å². The van der Waals surface area contributed by atoms with Crippen molar-refractivity contribution in [1.82, 2.24) is 0 Å². The Morgan fingerprint density at radius 2 is 2.05 bits per heavy atom. The maximum Gasteiger partial charge on any atom is 0.167 e. The first kappa shape index (κ1) is 13.0. The van der Waals surface area contributed by atoms with Gasteiger partial charge in [-0.1, -0.05) is 23.8 Å². The topological polar surface area (TPSA) is 21.3 Å².